The van der Waals surface area contributed by atoms with Crippen LogP contribution in [-0.4, -0.2) is 29.9 Å². The first kappa shape index (κ1) is 14.6. The third kappa shape index (κ3) is 4.08. The van der Waals surface area contributed by atoms with Gasteiger partial charge in [0.05, 0.1) is 6.61 Å². The highest BCUT2D eigenvalue weighted by atomic mass is 16.5. The van der Waals surface area contributed by atoms with Gasteiger partial charge < -0.3 is 9.64 Å². The maximum Gasteiger partial charge on any atom is 0.306 e. The van der Waals surface area contributed by atoms with E-state index in [0.717, 1.165) is 18.5 Å². The van der Waals surface area contributed by atoms with E-state index >= 15 is 0 Å². The molecular weight excluding hydrogens is 254 g/mol. The summed E-state index contributed by atoms with van der Waals surface area (Å²) in [6, 6.07) is 9.98. The normalized spacial score (nSPS) is 18.9. The van der Waals surface area contributed by atoms with Crippen molar-refractivity contribution in [3.8, 4) is 0 Å². The van der Waals surface area contributed by atoms with Crippen molar-refractivity contribution in [3.05, 3.63) is 35.9 Å². The number of piperidine rings is 1. The Kier molecular flexibility index (Phi) is 5.16. The number of carbonyl (C=O) groups is 2. The number of ether oxygens (including phenoxy) is 1. The van der Waals surface area contributed by atoms with Gasteiger partial charge in [0.2, 0.25) is 5.91 Å². The zero-order valence-corrected chi connectivity index (χ0v) is 11.9. The van der Waals surface area contributed by atoms with Gasteiger partial charge in [-0.2, -0.15) is 0 Å². The molecular formula is C16H21NO3. The minimum atomic E-state index is -0.193. The molecule has 1 aliphatic rings. The summed E-state index contributed by atoms with van der Waals surface area (Å²) < 4.78 is 4.94. The van der Waals surface area contributed by atoms with Crippen molar-refractivity contribution in [2.75, 3.05) is 13.2 Å². The minimum Gasteiger partial charge on any atom is -0.466 e. The summed E-state index contributed by atoms with van der Waals surface area (Å²) >= 11 is 0. The largest absolute Gasteiger partial charge is 0.466 e. The van der Waals surface area contributed by atoms with Gasteiger partial charge in [0, 0.05) is 25.9 Å². The SMILES string of the molecule is CCOC(=O)C[C@H]1CCN(Cc2ccccc2)C(=O)C1. The quantitative estimate of drug-likeness (QED) is 0.775. The molecule has 1 fully saturated rings. The lowest BCUT2D eigenvalue weighted by molar-refractivity contribution is -0.145. The van der Waals surface area contributed by atoms with Crippen LogP contribution in [0.1, 0.15) is 31.7 Å². The Morgan fingerprint density at radius 3 is 2.75 bits per heavy atom. The Morgan fingerprint density at radius 1 is 1.35 bits per heavy atom. The zero-order chi connectivity index (χ0) is 14.4. The molecule has 0 radical (unpaired) electrons. The number of hydrogen-bond acceptors (Lipinski definition) is 3. The number of carbonyl (C=O) groups excluding carboxylic acids is 2. The Balaban J connectivity index is 1.83. The van der Waals surface area contributed by atoms with Crippen molar-refractivity contribution in [1.82, 2.24) is 4.90 Å². The van der Waals surface area contributed by atoms with E-state index < -0.39 is 0 Å². The molecule has 0 aliphatic carbocycles. The van der Waals surface area contributed by atoms with Crippen LogP contribution in [0.4, 0.5) is 0 Å². The number of nitrogens with zero attached hydrogens (tertiary/aromatic N) is 1. The zero-order valence-electron chi connectivity index (χ0n) is 11.9. The number of likely N-dealkylation sites (tertiary alicyclic amines) is 1. The van der Waals surface area contributed by atoms with Gasteiger partial charge in [-0.1, -0.05) is 30.3 Å². The van der Waals surface area contributed by atoms with E-state index in [1.807, 2.05) is 35.2 Å². The van der Waals surface area contributed by atoms with Gasteiger partial charge in [0.25, 0.3) is 0 Å². The van der Waals surface area contributed by atoms with Gasteiger partial charge in [0.15, 0.2) is 0 Å². The summed E-state index contributed by atoms with van der Waals surface area (Å²) in [5, 5.41) is 0. The second kappa shape index (κ2) is 7.08. The minimum absolute atomic E-state index is 0.133. The Hall–Kier alpha value is -1.84. The summed E-state index contributed by atoms with van der Waals surface area (Å²) in [6.45, 7) is 3.58. The van der Waals surface area contributed by atoms with Crippen molar-refractivity contribution >= 4 is 11.9 Å². The predicted molar refractivity (Wildman–Crippen MR) is 75.8 cm³/mol. The summed E-state index contributed by atoms with van der Waals surface area (Å²) in [5.41, 5.74) is 1.14. The molecule has 1 aromatic carbocycles. The fraction of sp³-hybridized carbons (Fsp3) is 0.500. The third-order valence-electron chi connectivity index (χ3n) is 3.60. The van der Waals surface area contributed by atoms with Crippen molar-refractivity contribution in [2.45, 2.75) is 32.7 Å². The topological polar surface area (TPSA) is 46.6 Å². The van der Waals surface area contributed by atoms with Crippen LogP contribution < -0.4 is 0 Å². The van der Waals surface area contributed by atoms with Crippen molar-refractivity contribution in [2.24, 2.45) is 5.92 Å². The number of benzene rings is 1. The van der Waals surface area contributed by atoms with E-state index in [-0.39, 0.29) is 17.8 Å². The smallest absolute Gasteiger partial charge is 0.306 e. The van der Waals surface area contributed by atoms with E-state index in [1.54, 1.807) is 6.92 Å². The molecule has 1 aromatic rings. The molecule has 1 amide bonds. The van der Waals surface area contributed by atoms with Crippen LogP contribution in [0.3, 0.4) is 0 Å². The highest BCUT2D eigenvalue weighted by Crippen LogP contribution is 2.23. The van der Waals surface area contributed by atoms with E-state index in [2.05, 4.69) is 0 Å². The molecule has 0 saturated carbocycles. The maximum atomic E-state index is 12.1. The molecule has 0 unspecified atom stereocenters. The molecule has 1 aliphatic heterocycles. The Labute approximate surface area is 119 Å². The fourth-order valence-electron chi connectivity index (χ4n) is 2.54. The molecule has 0 N–H and O–H groups in total. The molecule has 20 heavy (non-hydrogen) atoms. The Morgan fingerprint density at radius 2 is 2.10 bits per heavy atom. The van der Waals surface area contributed by atoms with Crippen molar-refractivity contribution in [1.29, 1.82) is 0 Å². The van der Waals surface area contributed by atoms with Gasteiger partial charge in [-0.15, -0.1) is 0 Å². The average molecular weight is 275 g/mol. The van der Waals surface area contributed by atoms with Crippen molar-refractivity contribution in [3.63, 3.8) is 0 Å². The second-order valence-corrected chi connectivity index (χ2v) is 5.17. The van der Waals surface area contributed by atoms with Gasteiger partial charge in [-0.25, -0.2) is 0 Å². The molecule has 0 spiro atoms. The first-order valence-electron chi connectivity index (χ1n) is 7.16. The molecule has 1 atom stereocenters. The van der Waals surface area contributed by atoms with Gasteiger partial charge >= 0.3 is 5.97 Å². The molecule has 0 aromatic heterocycles. The molecule has 1 heterocycles. The number of rotatable bonds is 5. The monoisotopic (exact) mass is 275 g/mol. The second-order valence-electron chi connectivity index (χ2n) is 5.17. The van der Waals surface area contributed by atoms with Crippen LogP contribution in [0.15, 0.2) is 30.3 Å². The highest BCUT2D eigenvalue weighted by molar-refractivity contribution is 5.78. The van der Waals surface area contributed by atoms with Gasteiger partial charge in [0.1, 0.15) is 0 Å². The molecule has 0 bridgehead atoms. The standard InChI is InChI=1S/C16H21NO3/c1-2-20-16(19)11-14-8-9-17(15(18)10-14)12-13-6-4-3-5-7-13/h3-7,14H,2,8-12H2,1H3/t14-/m0/s1. The molecule has 2 rings (SSSR count). The van der Waals surface area contributed by atoms with Gasteiger partial charge in [-0.05, 0) is 24.8 Å². The predicted octanol–water partition coefficient (Wildman–Crippen LogP) is 2.38. The van der Waals surface area contributed by atoms with Crippen LogP contribution in [-0.2, 0) is 20.9 Å². The van der Waals surface area contributed by atoms with Crippen LogP contribution in [0.2, 0.25) is 0 Å². The van der Waals surface area contributed by atoms with Crippen molar-refractivity contribution < 1.29 is 14.3 Å². The molecule has 4 nitrogen and oxygen atoms in total. The average Bonchev–Trinajstić information content (AvgIpc) is 2.43. The summed E-state index contributed by atoms with van der Waals surface area (Å²) in [7, 11) is 0. The van der Waals surface area contributed by atoms with E-state index in [9.17, 15) is 9.59 Å². The van der Waals surface area contributed by atoms with Crippen LogP contribution in [0, 0.1) is 5.92 Å². The lowest BCUT2D eigenvalue weighted by Crippen LogP contribution is -2.38. The third-order valence-corrected chi connectivity index (χ3v) is 3.60. The summed E-state index contributed by atoms with van der Waals surface area (Å²) in [6.07, 6.45) is 1.68. The molecule has 1 saturated heterocycles. The number of esters is 1. The van der Waals surface area contributed by atoms with E-state index in [1.165, 1.54) is 0 Å². The van der Waals surface area contributed by atoms with Crippen LogP contribution in [0.5, 0.6) is 0 Å². The Bertz CT molecular complexity index is 458. The number of amides is 1. The van der Waals surface area contributed by atoms with E-state index in [4.69, 9.17) is 4.74 Å². The maximum absolute atomic E-state index is 12.1. The fourth-order valence-corrected chi connectivity index (χ4v) is 2.54. The first-order chi connectivity index (χ1) is 9.69. The van der Waals surface area contributed by atoms with Crippen LogP contribution in [0.25, 0.3) is 0 Å². The van der Waals surface area contributed by atoms with E-state index in [0.29, 0.717) is 26.0 Å². The number of hydrogen-bond donors (Lipinski definition) is 0. The lowest BCUT2D eigenvalue weighted by Gasteiger charge is -2.31. The summed E-state index contributed by atoms with van der Waals surface area (Å²) in [4.78, 5) is 25.4. The highest BCUT2D eigenvalue weighted by Gasteiger charge is 2.27. The molecule has 108 valence electrons. The first-order valence-corrected chi connectivity index (χ1v) is 7.16. The molecule has 4 heteroatoms. The van der Waals surface area contributed by atoms with Gasteiger partial charge in [-0.3, -0.25) is 9.59 Å². The lowest BCUT2D eigenvalue weighted by atomic mass is 9.93. The van der Waals surface area contributed by atoms with Crippen LogP contribution >= 0.6 is 0 Å². The summed E-state index contributed by atoms with van der Waals surface area (Å²) in [5.74, 6) is 0.0739.